The first kappa shape index (κ1) is 21.6. The lowest BCUT2D eigenvalue weighted by molar-refractivity contribution is -0.146. The summed E-state index contributed by atoms with van der Waals surface area (Å²) >= 11 is 0. The summed E-state index contributed by atoms with van der Waals surface area (Å²) in [5, 5.41) is 9.09. The zero-order valence-electron chi connectivity index (χ0n) is 16.7. The number of aryl methyl sites for hydroxylation is 2. The Kier molecular flexibility index (Phi) is 6.60. The largest absolute Gasteiger partial charge is 0.460 e. The summed E-state index contributed by atoms with van der Waals surface area (Å²) in [5.74, 6) is -0.712. The van der Waals surface area contributed by atoms with Gasteiger partial charge >= 0.3 is 5.97 Å². The molecule has 2 rings (SSSR count). The number of nitriles is 1. The molecule has 148 valence electrons. The number of nitrogens with one attached hydrogen (secondary N) is 1. The molecule has 0 aliphatic heterocycles. The summed E-state index contributed by atoms with van der Waals surface area (Å²) in [5.41, 5.74) is 4.01. The standard InChI is InChI=1S/C21H24N2O4S/c1-13-10-14(2)16(4)20(15(13)3)28(25,26)23-17(5)21(24)27-12-19-9-7-6-8-18(19)11-22/h6-10,17,23H,12H2,1-5H3/t17-/m0/s1. The van der Waals surface area contributed by atoms with E-state index in [0.717, 1.165) is 11.1 Å². The van der Waals surface area contributed by atoms with Gasteiger partial charge in [0.2, 0.25) is 10.0 Å². The van der Waals surface area contributed by atoms with E-state index in [2.05, 4.69) is 4.72 Å². The number of hydrogen-bond donors (Lipinski definition) is 1. The van der Waals surface area contributed by atoms with Crippen LogP contribution in [0.4, 0.5) is 0 Å². The first-order valence-corrected chi connectivity index (χ1v) is 10.3. The van der Waals surface area contributed by atoms with Crippen LogP contribution in [0.2, 0.25) is 0 Å². The molecule has 7 heteroatoms. The molecule has 6 nitrogen and oxygen atoms in total. The summed E-state index contributed by atoms with van der Waals surface area (Å²) in [7, 11) is -3.91. The van der Waals surface area contributed by atoms with Crippen molar-refractivity contribution >= 4 is 16.0 Å². The number of nitrogens with zero attached hydrogens (tertiary/aromatic N) is 1. The van der Waals surface area contributed by atoms with Crippen LogP contribution in [-0.4, -0.2) is 20.4 Å². The molecule has 1 N–H and O–H groups in total. The van der Waals surface area contributed by atoms with Crippen molar-refractivity contribution in [3.05, 3.63) is 63.7 Å². The van der Waals surface area contributed by atoms with E-state index in [-0.39, 0.29) is 11.5 Å². The molecule has 0 bridgehead atoms. The van der Waals surface area contributed by atoms with Gasteiger partial charge in [0.05, 0.1) is 16.5 Å². The second-order valence-corrected chi connectivity index (χ2v) is 8.46. The van der Waals surface area contributed by atoms with Crippen molar-refractivity contribution in [2.75, 3.05) is 0 Å². The number of hydrogen-bond acceptors (Lipinski definition) is 5. The van der Waals surface area contributed by atoms with Crippen LogP contribution in [0.1, 0.15) is 40.3 Å². The number of ether oxygens (including phenoxy) is 1. The molecule has 0 radical (unpaired) electrons. The van der Waals surface area contributed by atoms with Gasteiger partial charge < -0.3 is 4.74 Å². The molecule has 0 saturated heterocycles. The van der Waals surface area contributed by atoms with E-state index < -0.39 is 22.0 Å². The van der Waals surface area contributed by atoms with E-state index in [1.54, 1.807) is 38.1 Å². The molecule has 0 fully saturated rings. The number of benzene rings is 2. The topological polar surface area (TPSA) is 96.3 Å². The molecular weight excluding hydrogens is 376 g/mol. The minimum Gasteiger partial charge on any atom is -0.460 e. The average molecular weight is 401 g/mol. The van der Waals surface area contributed by atoms with E-state index in [0.29, 0.717) is 22.3 Å². The molecule has 0 aromatic heterocycles. The van der Waals surface area contributed by atoms with Gasteiger partial charge in [-0.2, -0.15) is 9.98 Å². The molecule has 0 spiro atoms. The normalized spacial score (nSPS) is 12.3. The third-order valence-corrected chi connectivity index (χ3v) is 6.57. The van der Waals surface area contributed by atoms with Crippen LogP contribution in [0.15, 0.2) is 35.2 Å². The molecule has 0 aliphatic rings. The Morgan fingerprint density at radius 2 is 1.71 bits per heavy atom. The van der Waals surface area contributed by atoms with Crippen LogP contribution in [-0.2, 0) is 26.2 Å². The van der Waals surface area contributed by atoms with Crippen molar-refractivity contribution in [3.8, 4) is 6.07 Å². The second kappa shape index (κ2) is 8.55. The number of carbonyl (C=O) groups is 1. The molecule has 2 aromatic carbocycles. The summed E-state index contributed by atoms with van der Waals surface area (Å²) in [6.07, 6.45) is 0. The Morgan fingerprint density at radius 1 is 1.14 bits per heavy atom. The molecule has 0 unspecified atom stereocenters. The van der Waals surface area contributed by atoms with Crippen LogP contribution < -0.4 is 4.72 Å². The predicted molar refractivity (Wildman–Crippen MR) is 106 cm³/mol. The highest BCUT2D eigenvalue weighted by molar-refractivity contribution is 7.89. The maximum atomic E-state index is 12.9. The van der Waals surface area contributed by atoms with Gasteiger partial charge in [-0.3, -0.25) is 4.79 Å². The fourth-order valence-electron chi connectivity index (χ4n) is 2.95. The third-order valence-electron chi connectivity index (χ3n) is 4.76. The minimum atomic E-state index is -3.91. The Bertz CT molecular complexity index is 1030. The summed E-state index contributed by atoms with van der Waals surface area (Å²) in [6, 6.07) is 9.66. The van der Waals surface area contributed by atoms with Gasteiger partial charge in [0.15, 0.2) is 0 Å². The molecule has 0 saturated carbocycles. The summed E-state index contributed by atoms with van der Waals surface area (Å²) < 4.78 is 33.4. The summed E-state index contributed by atoms with van der Waals surface area (Å²) in [6.45, 7) is 8.53. The number of sulfonamides is 1. The van der Waals surface area contributed by atoms with E-state index >= 15 is 0 Å². The highest BCUT2D eigenvalue weighted by atomic mass is 32.2. The van der Waals surface area contributed by atoms with Crippen LogP contribution in [0.25, 0.3) is 0 Å². The lowest BCUT2D eigenvalue weighted by atomic mass is 10.0. The fourth-order valence-corrected chi connectivity index (χ4v) is 4.76. The van der Waals surface area contributed by atoms with Crippen LogP contribution in [0, 0.1) is 39.0 Å². The van der Waals surface area contributed by atoms with Crippen molar-refractivity contribution in [3.63, 3.8) is 0 Å². The molecule has 2 aromatic rings. The highest BCUT2D eigenvalue weighted by Gasteiger charge is 2.27. The number of carbonyl (C=O) groups excluding carboxylic acids is 1. The zero-order chi connectivity index (χ0) is 21.1. The lowest BCUT2D eigenvalue weighted by Crippen LogP contribution is -2.40. The lowest BCUT2D eigenvalue weighted by Gasteiger charge is -2.19. The minimum absolute atomic E-state index is 0.101. The predicted octanol–water partition coefficient (Wildman–Crippen LogP) is 3.20. The average Bonchev–Trinajstić information content (AvgIpc) is 2.64. The first-order chi connectivity index (χ1) is 13.1. The SMILES string of the molecule is Cc1cc(C)c(C)c(S(=O)(=O)N[C@@H](C)C(=O)OCc2ccccc2C#N)c1C. The second-order valence-electron chi connectivity index (χ2n) is 6.81. The first-order valence-electron chi connectivity index (χ1n) is 8.83. The quantitative estimate of drug-likeness (QED) is 0.751. The number of esters is 1. The Hall–Kier alpha value is -2.69. The molecule has 1 atom stereocenters. The van der Waals surface area contributed by atoms with Gasteiger partial charge in [-0.05, 0) is 62.9 Å². The maximum Gasteiger partial charge on any atom is 0.324 e. The van der Waals surface area contributed by atoms with Crippen molar-refractivity contribution in [1.29, 1.82) is 5.26 Å². The van der Waals surface area contributed by atoms with Crippen LogP contribution in [0.5, 0.6) is 0 Å². The smallest absolute Gasteiger partial charge is 0.324 e. The van der Waals surface area contributed by atoms with Crippen molar-refractivity contribution in [2.45, 2.75) is 52.2 Å². The zero-order valence-corrected chi connectivity index (χ0v) is 17.5. The molecule has 28 heavy (non-hydrogen) atoms. The molecule has 0 heterocycles. The molecule has 0 aliphatic carbocycles. The van der Waals surface area contributed by atoms with Gasteiger partial charge in [0, 0.05) is 5.56 Å². The van der Waals surface area contributed by atoms with E-state index in [1.165, 1.54) is 6.92 Å². The van der Waals surface area contributed by atoms with Gasteiger partial charge in [-0.15, -0.1) is 0 Å². The monoisotopic (exact) mass is 400 g/mol. The number of rotatable bonds is 6. The summed E-state index contributed by atoms with van der Waals surface area (Å²) in [4.78, 5) is 12.5. The fraction of sp³-hybridized carbons (Fsp3) is 0.333. The van der Waals surface area contributed by atoms with E-state index in [9.17, 15) is 13.2 Å². The Labute approximate surface area is 166 Å². The van der Waals surface area contributed by atoms with Crippen LogP contribution in [0.3, 0.4) is 0 Å². The molecular formula is C21H24N2O4S. The third kappa shape index (κ3) is 4.58. The van der Waals surface area contributed by atoms with Gasteiger partial charge in [0.25, 0.3) is 0 Å². The van der Waals surface area contributed by atoms with Gasteiger partial charge in [-0.1, -0.05) is 24.3 Å². The van der Waals surface area contributed by atoms with Crippen molar-refractivity contribution in [1.82, 2.24) is 4.72 Å². The molecule has 0 amide bonds. The van der Waals surface area contributed by atoms with Gasteiger partial charge in [0.1, 0.15) is 12.6 Å². The maximum absolute atomic E-state index is 12.9. The van der Waals surface area contributed by atoms with Crippen molar-refractivity contribution < 1.29 is 17.9 Å². The van der Waals surface area contributed by atoms with Crippen molar-refractivity contribution in [2.24, 2.45) is 0 Å². The highest BCUT2D eigenvalue weighted by Crippen LogP contribution is 2.26. The van der Waals surface area contributed by atoms with E-state index in [1.807, 2.05) is 26.0 Å². The van der Waals surface area contributed by atoms with Crippen LogP contribution >= 0.6 is 0 Å². The Balaban J connectivity index is 2.17. The van der Waals surface area contributed by atoms with Gasteiger partial charge in [-0.25, -0.2) is 8.42 Å². The van der Waals surface area contributed by atoms with E-state index in [4.69, 9.17) is 10.00 Å². The Morgan fingerprint density at radius 3 is 2.29 bits per heavy atom.